The maximum absolute atomic E-state index is 12.9. The second-order valence-electron chi connectivity index (χ2n) is 6.51. The molecule has 0 saturated carbocycles. The first-order valence-corrected chi connectivity index (χ1v) is 10.2. The van der Waals surface area contributed by atoms with Crippen molar-refractivity contribution in [3.05, 3.63) is 59.9 Å². The standard InChI is InChI=1S/C18H23N3O3S/c1-14(15-7-4-3-5-8-15)21-11-6-9-17(21)18(22)20-12-10-16(13-20)19-25(2,23)24/h3-9,11,14,16,19H,10,12-13H2,1-2H3/t14-,16?/m0/s1. The lowest BCUT2D eigenvalue weighted by Gasteiger charge is -2.21. The molecule has 1 aromatic heterocycles. The molecule has 1 amide bonds. The van der Waals surface area contributed by atoms with E-state index in [1.807, 2.05) is 53.2 Å². The molecule has 0 radical (unpaired) electrons. The fraction of sp³-hybridized carbons (Fsp3) is 0.389. The highest BCUT2D eigenvalue weighted by Gasteiger charge is 2.30. The van der Waals surface area contributed by atoms with Crippen molar-refractivity contribution in [1.82, 2.24) is 14.2 Å². The third-order valence-electron chi connectivity index (χ3n) is 4.55. The molecular formula is C18H23N3O3S. The van der Waals surface area contributed by atoms with Gasteiger partial charge in [-0.25, -0.2) is 13.1 Å². The number of rotatable bonds is 5. The summed E-state index contributed by atoms with van der Waals surface area (Å²) >= 11 is 0. The molecule has 0 aliphatic carbocycles. The Balaban J connectivity index is 1.75. The van der Waals surface area contributed by atoms with Gasteiger partial charge in [-0.15, -0.1) is 0 Å². The summed E-state index contributed by atoms with van der Waals surface area (Å²) in [6.45, 7) is 3.01. The Morgan fingerprint density at radius 3 is 2.60 bits per heavy atom. The third kappa shape index (κ3) is 4.11. The van der Waals surface area contributed by atoms with Gasteiger partial charge in [-0.1, -0.05) is 30.3 Å². The Labute approximate surface area is 148 Å². The summed E-state index contributed by atoms with van der Waals surface area (Å²) in [5, 5.41) is 0. The molecule has 25 heavy (non-hydrogen) atoms. The lowest BCUT2D eigenvalue weighted by atomic mass is 10.1. The first-order chi connectivity index (χ1) is 11.8. The predicted octanol–water partition coefficient (Wildman–Crippen LogP) is 1.86. The number of amides is 1. The van der Waals surface area contributed by atoms with Crippen molar-refractivity contribution in [1.29, 1.82) is 0 Å². The topological polar surface area (TPSA) is 71.4 Å². The van der Waals surface area contributed by atoms with Gasteiger partial charge in [-0.3, -0.25) is 4.79 Å². The van der Waals surface area contributed by atoms with E-state index in [0.717, 1.165) is 11.8 Å². The van der Waals surface area contributed by atoms with E-state index in [0.29, 0.717) is 25.2 Å². The van der Waals surface area contributed by atoms with Crippen LogP contribution < -0.4 is 4.72 Å². The summed E-state index contributed by atoms with van der Waals surface area (Å²) in [7, 11) is -3.26. The smallest absolute Gasteiger partial charge is 0.270 e. The van der Waals surface area contributed by atoms with Gasteiger partial charge in [0.2, 0.25) is 10.0 Å². The van der Waals surface area contributed by atoms with E-state index < -0.39 is 10.0 Å². The highest BCUT2D eigenvalue weighted by molar-refractivity contribution is 7.88. The van der Waals surface area contributed by atoms with Gasteiger partial charge in [-0.2, -0.15) is 0 Å². The van der Waals surface area contributed by atoms with Gasteiger partial charge >= 0.3 is 0 Å². The zero-order valence-corrected chi connectivity index (χ0v) is 15.2. The van der Waals surface area contributed by atoms with Crippen LogP contribution in [0, 0.1) is 0 Å². The molecule has 1 saturated heterocycles. The fourth-order valence-electron chi connectivity index (χ4n) is 3.31. The summed E-state index contributed by atoms with van der Waals surface area (Å²) in [5.74, 6) is -0.0643. The lowest BCUT2D eigenvalue weighted by molar-refractivity contribution is 0.0778. The number of likely N-dealkylation sites (tertiary alicyclic amines) is 1. The van der Waals surface area contributed by atoms with Gasteiger partial charge in [-0.05, 0) is 31.0 Å². The first kappa shape index (κ1) is 17.7. The van der Waals surface area contributed by atoms with Crippen LogP contribution in [-0.4, -0.2) is 49.2 Å². The summed E-state index contributed by atoms with van der Waals surface area (Å²) in [6, 6.07) is 13.5. The molecule has 2 aromatic rings. The molecule has 1 aromatic carbocycles. The van der Waals surface area contributed by atoms with Crippen LogP contribution in [0.4, 0.5) is 0 Å². The van der Waals surface area contributed by atoms with E-state index >= 15 is 0 Å². The molecule has 0 spiro atoms. The number of aromatic nitrogens is 1. The average Bonchev–Trinajstić information content (AvgIpc) is 3.22. The minimum absolute atomic E-state index is 0.0442. The summed E-state index contributed by atoms with van der Waals surface area (Å²) in [6.07, 6.45) is 3.69. The molecule has 1 aliphatic heterocycles. The van der Waals surface area contributed by atoms with Gasteiger partial charge in [0.25, 0.3) is 5.91 Å². The van der Waals surface area contributed by atoms with Gasteiger partial charge in [0.1, 0.15) is 5.69 Å². The van der Waals surface area contributed by atoms with Crippen molar-refractivity contribution in [2.24, 2.45) is 0 Å². The molecule has 2 heterocycles. The van der Waals surface area contributed by atoms with Crippen LogP contribution in [0.5, 0.6) is 0 Å². The number of carbonyl (C=O) groups excluding carboxylic acids is 1. The number of benzene rings is 1. The molecule has 7 heteroatoms. The molecule has 1 N–H and O–H groups in total. The maximum Gasteiger partial charge on any atom is 0.270 e. The zero-order chi connectivity index (χ0) is 18.0. The van der Waals surface area contributed by atoms with Crippen LogP contribution in [0.25, 0.3) is 0 Å². The van der Waals surface area contributed by atoms with Crippen molar-refractivity contribution in [3.63, 3.8) is 0 Å². The average molecular weight is 361 g/mol. The van der Waals surface area contributed by atoms with Gasteiger partial charge < -0.3 is 9.47 Å². The van der Waals surface area contributed by atoms with E-state index in [2.05, 4.69) is 11.6 Å². The minimum atomic E-state index is -3.26. The third-order valence-corrected chi connectivity index (χ3v) is 5.31. The zero-order valence-electron chi connectivity index (χ0n) is 14.4. The Hall–Kier alpha value is -2.12. The predicted molar refractivity (Wildman–Crippen MR) is 97.0 cm³/mol. The Morgan fingerprint density at radius 1 is 1.20 bits per heavy atom. The molecule has 1 fully saturated rings. The second kappa shape index (κ2) is 7.01. The van der Waals surface area contributed by atoms with Crippen LogP contribution in [0.2, 0.25) is 0 Å². The summed E-state index contributed by atoms with van der Waals surface area (Å²) < 4.78 is 27.3. The van der Waals surface area contributed by atoms with Crippen LogP contribution in [0.1, 0.15) is 35.4 Å². The Kier molecular flexibility index (Phi) is 4.96. The molecule has 6 nitrogen and oxygen atoms in total. The Morgan fingerprint density at radius 2 is 1.92 bits per heavy atom. The summed E-state index contributed by atoms with van der Waals surface area (Å²) in [5.41, 5.74) is 1.75. The Bertz CT molecular complexity index is 845. The van der Waals surface area contributed by atoms with Crippen molar-refractivity contribution in [3.8, 4) is 0 Å². The van der Waals surface area contributed by atoms with Gasteiger partial charge in [0.05, 0.1) is 12.3 Å². The number of nitrogens with one attached hydrogen (secondary N) is 1. The van der Waals surface area contributed by atoms with Crippen LogP contribution >= 0.6 is 0 Å². The highest BCUT2D eigenvalue weighted by Crippen LogP contribution is 2.22. The number of hydrogen-bond donors (Lipinski definition) is 1. The minimum Gasteiger partial charge on any atom is -0.336 e. The molecular weight excluding hydrogens is 338 g/mol. The van der Waals surface area contributed by atoms with Crippen LogP contribution in [0.3, 0.4) is 0 Å². The monoisotopic (exact) mass is 361 g/mol. The number of nitrogens with zero attached hydrogens (tertiary/aromatic N) is 2. The molecule has 0 bridgehead atoms. The quantitative estimate of drug-likeness (QED) is 0.884. The SMILES string of the molecule is C[C@@H](c1ccccc1)n1cccc1C(=O)N1CCC(NS(C)(=O)=O)C1. The molecule has 3 rings (SSSR count). The van der Waals surface area contributed by atoms with Crippen LogP contribution in [-0.2, 0) is 10.0 Å². The normalized spacial score (nSPS) is 19.1. The van der Waals surface area contributed by atoms with Crippen molar-refractivity contribution >= 4 is 15.9 Å². The molecule has 2 atom stereocenters. The van der Waals surface area contributed by atoms with Gasteiger partial charge in [0.15, 0.2) is 0 Å². The van der Waals surface area contributed by atoms with E-state index in [4.69, 9.17) is 0 Å². The number of hydrogen-bond acceptors (Lipinski definition) is 3. The number of carbonyl (C=O) groups is 1. The molecule has 1 unspecified atom stereocenters. The molecule has 134 valence electrons. The van der Waals surface area contributed by atoms with E-state index in [-0.39, 0.29) is 18.0 Å². The van der Waals surface area contributed by atoms with E-state index in [1.165, 1.54) is 0 Å². The van der Waals surface area contributed by atoms with Crippen LogP contribution in [0.15, 0.2) is 48.7 Å². The number of sulfonamides is 1. The first-order valence-electron chi connectivity index (χ1n) is 8.33. The second-order valence-corrected chi connectivity index (χ2v) is 8.29. The van der Waals surface area contributed by atoms with E-state index in [1.54, 1.807) is 4.90 Å². The van der Waals surface area contributed by atoms with Crippen molar-refractivity contribution in [2.45, 2.75) is 25.4 Å². The summed E-state index contributed by atoms with van der Waals surface area (Å²) in [4.78, 5) is 14.6. The maximum atomic E-state index is 12.9. The highest BCUT2D eigenvalue weighted by atomic mass is 32.2. The lowest BCUT2D eigenvalue weighted by Crippen LogP contribution is -2.38. The van der Waals surface area contributed by atoms with Gasteiger partial charge in [0, 0.05) is 25.3 Å². The van der Waals surface area contributed by atoms with Crippen molar-refractivity contribution in [2.75, 3.05) is 19.3 Å². The largest absolute Gasteiger partial charge is 0.336 e. The molecule has 1 aliphatic rings. The van der Waals surface area contributed by atoms with E-state index in [9.17, 15) is 13.2 Å². The van der Waals surface area contributed by atoms with Crippen molar-refractivity contribution < 1.29 is 13.2 Å². The fourth-order valence-corrected chi connectivity index (χ4v) is 4.11.